The highest BCUT2D eigenvalue weighted by atomic mass is 79.9. The zero-order chi connectivity index (χ0) is 10.0. The van der Waals surface area contributed by atoms with Gasteiger partial charge in [0.1, 0.15) is 0 Å². The minimum absolute atomic E-state index is 0. The van der Waals surface area contributed by atoms with Gasteiger partial charge in [-0.25, -0.2) is 8.78 Å². The molecular weight excluding hydrogens is 275 g/mol. The third-order valence-corrected chi connectivity index (χ3v) is 2.41. The fourth-order valence-electron chi connectivity index (χ4n) is 1.08. The van der Waals surface area contributed by atoms with Gasteiger partial charge in [0.25, 0.3) is 0 Å². The molecule has 0 aliphatic heterocycles. The largest absolute Gasteiger partial charge is 0.328 e. The first-order valence-corrected chi connectivity index (χ1v) is 4.69. The molecule has 1 rings (SSSR count). The van der Waals surface area contributed by atoms with Gasteiger partial charge in [0.2, 0.25) is 0 Å². The molecule has 2 N–H and O–H groups in total. The molecule has 0 saturated heterocycles. The van der Waals surface area contributed by atoms with Crippen molar-refractivity contribution < 1.29 is 8.78 Å². The Morgan fingerprint density at radius 3 is 2.50 bits per heavy atom. The van der Waals surface area contributed by atoms with Gasteiger partial charge >= 0.3 is 0 Å². The molecule has 1 unspecified atom stereocenters. The van der Waals surface area contributed by atoms with Crippen LogP contribution in [0, 0.1) is 11.6 Å². The van der Waals surface area contributed by atoms with E-state index < -0.39 is 11.6 Å². The number of hydrogen-bond donors (Lipinski definition) is 1. The molecule has 80 valence electrons. The average molecular weight is 287 g/mol. The van der Waals surface area contributed by atoms with Crippen LogP contribution in [0.2, 0.25) is 0 Å². The van der Waals surface area contributed by atoms with Crippen LogP contribution in [0.4, 0.5) is 8.78 Å². The zero-order valence-electron chi connectivity index (χ0n) is 7.56. The summed E-state index contributed by atoms with van der Waals surface area (Å²) in [5.74, 6) is -1.65. The first-order valence-electron chi connectivity index (χ1n) is 3.90. The topological polar surface area (TPSA) is 26.0 Å². The Balaban J connectivity index is 0.00000169. The van der Waals surface area contributed by atoms with Crippen molar-refractivity contribution in [2.75, 3.05) is 0 Å². The van der Waals surface area contributed by atoms with Crippen molar-refractivity contribution in [2.45, 2.75) is 19.4 Å². The van der Waals surface area contributed by atoms with Gasteiger partial charge in [0.05, 0.1) is 0 Å². The lowest BCUT2D eigenvalue weighted by Gasteiger charge is -2.08. The predicted molar refractivity (Wildman–Crippen MR) is 58.7 cm³/mol. The molecule has 1 atom stereocenters. The molecule has 0 aromatic heterocycles. The molecule has 1 nitrogen and oxygen atoms in total. The zero-order valence-corrected chi connectivity index (χ0v) is 9.96. The lowest BCUT2D eigenvalue weighted by Crippen LogP contribution is -2.19. The maximum Gasteiger partial charge on any atom is 0.163 e. The fourth-order valence-corrected chi connectivity index (χ4v) is 1.55. The summed E-state index contributed by atoms with van der Waals surface area (Å²) in [6.45, 7) is 1.75. The third kappa shape index (κ3) is 3.19. The van der Waals surface area contributed by atoms with Crippen molar-refractivity contribution in [2.24, 2.45) is 5.73 Å². The molecule has 0 bridgehead atoms. The molecule has 1 aromatic rings. The van der Waals surface area contributed by atoms with Gasteiger partial charge in [0, 0.05) is 16.1 Å². The van der Waals surface area contributed by atoms with Gasteiger partial charge in [0.15, 0.2) is 11.6 Å². The van der Waals surface area contributed by atoms with Crippen LogP contribution in [0.1, 0.15) is 12.5 Å². The summed E-state index contributed by atoms with van der Waals surface area (Å²) in [5, 5.41) is 0. The Kier molecular flexibility index (Phi) is 5.56. The maximum atomic E-state index is 13.2. The highest BCUT2D eigenvalue weighted by Crippen LogP contribution is 2.22. The summed E-state index contributed by atoms with van der Waals surface area (Å²) in [4.78, 5) is 0. The highest BCUT2D eigenvalue weighted by molar-refractivity contribution is 9.10. The molecule has 0 aliphatic rings. The van der Waals surface area contributed by atoms with Crippen molar-refractivity contribution in [3.05, 3.63) is 33.8 Å². The Bertz CT molecular complexity index is 318. The second-order valence-corrected chi connectivity index (χ2v) is 3.86. The summed E-state index contributed by atoms with van der Waals surface area (Å²) in [5.41, 5.74) is 5.80. The Labute approximate surface area is 96.2 Å². The predicted octanol–water partition coefficient (Wildman–Crippen LogP) is 3.04. The van der Waals surface area contributed by atoms with E-state index in [2.05, 4.69) is 15.9 Å². The van der Waals surface area contributed by atoms with Gasteiger partial charge in [-0.2, -0.15) is 0 Å². The Morgan fingerprint density at radius 1 is 1.43 bits per heavy atom. The summed E-state index contributed by atoms with van der Waals surface area (Å²) in [6.07, 6.45) is 0.324. The third-order valence-electron chi connectivity index (χ3n) is 1.67. The molecule has 0 fully saturated rings. The van der Waals surface area contributed by atoms with Crippen LogP contribution in [0.5, 0.6) is 0 Å². The van der Waals surface area contributed by atoms with Crippen LogP contribution in [-0.4, -0.2) is 6.04 Å². The molecule has 0 heterocycles. The SMILES string of the molecule is CC(N)Cc1c(Br)ccc(F)c1F.Cl. The van der Waals surface area contributed by atoms with Crippen LogP contribution < -0.4 is 5.73 Å². The minimum atomic E-state index is -0.834. The van der Waals surface area contributed by atoms with Crippen LogP contribution in [0.15, 0.2) is 16.6 Å². The second kappa shape index (κ2) is 5.63. The van der Waals surface area contributed by atoms with E-state index in [1.807, 2.05) is 0 Å². The molecule has 0 aliphatic carbocycles. The number of hydrogen-bond acceptors (Lipinski definition) is 1. The van der Waals surface area contributed by atoms with E-state index in [9.17, 15) is 8.78 Å². The Morgan fingerprint density at radius 2 is 2.00 bits per heavy atom. The van der Waals surface area contributed by atoms with E-state index in [-0.39, 0.29) is 18.4 Å². The van der Waals surface area contributed by atoms with Crippen LogP contribution in [0.25, 0.3) is 0 Å². The van der Waals surface area contributed by atoms with Crippen LogP contribution in [0.3, 0.4) is 0 Å². The highest BCUT2D eigenvalue weighted by Gasteiger charge is 2.12. The van der Waals surface area contributed by atoms with Crippen molar-refractivity contribution in [3.63, 3.8) is 0 Å². The van der Waals surface area contributed by atoms with E-state index in [0.29, 0.717) is 16.5 Å². The number of nitrogens with two attached hydrogens (primary N) is 1. The first kappa shape index (κ1) is 13.8. The van der Waals surface area contributed by atoms with Gasteiger partial charge in [-0.15, -0.1) is 12.4 Å². The maximum absolute atomic E-state index is 13.2. The summed E-state index contributed by atoms with van der Waals surface area (Å²) >= 11 is 3.15. The average Bonchev–Trinajstić information content (AvgIpc) is 2.05. The normalized spacial score (nSPS) is 12.1. The number of rotatable bonds is 2. The molecular formula is C9H11BrClF2N. The van der Waals surface area contributed by atoms with Crippen molar-refractivity contribution in [1.82, 2.24) is 0 Å². The first-order chi connectivity index (χ1) is 6.02. The quantitative estimate of drug-likeness (QED) is 0.831. The van der Waals surface area contributed by atoms with E-state index in [0.717, 1.165) is 6.07 Å². The second-order valence-electron chi connectivity index (χ2n) is 3.00. The molecule has 0 amide bonds. The van der Waals surface area contributed by atoms with E-state index >= 15 is 0 Å². The van der Waals surface area contributed by atoms with Gasteiger partial charge < -0.3 is 5.73 Å². The van der Waals surface area contributed by atoms with Crippen LogP contribution in [-0.2, 0) is 6.42 Å². The molecule has 14 heavy (non-hydrogen) atoms. The molecule has 0 spiro atoms. The standard InChI is InChI=1S/C9H10BrF2N.ClH/c1-5(13)4-6-7(10)2-3-8(11)9(6)12;/h2-3,5H,4,13H2,1H3;1H. The molecule has 1 aromatic carbocycles. The van der Waals surface area contributed by atoms with Gasteiger partial charge in [-0.05, 0) is 25.5 Å². The van der Waals surface area contributed by atoms with Crippen molar-refractivity contribution >= 4 is 28.3 Å². The Hall–Kier alpha value is -0.190. The van der Waals surface area contributed by atoms with E-state index in [4.69, 9.17) is 5.73 Å². The van der Waals surface area contributed by atoms with Crippen molar-refractivity contribution in [3.8, 4) is 0 Å². The summed E-state index contributed by atoms with van der Waals surface area (Å²) < 4.78 is 26.5. The minimum Gasteiger partial charge on any atom is -0.328 e. The molecule has 0 radical (unpaired) electrons. The number of benzene rings is 1. The van der Waals surface area contributed by atoms with E-state index in [1.54, 1.807) is 6.92 Å². The van der Waals surface area contributed by atoms with Crippen LogP contribution >= 0.6 is 28.3 Å². The van der Waals surface area contributed by atoms with Gasteiger partial charge in [-0.1, -0.05) is 15.9 Å². The molecule has 5 heteroatoms. The lowest BCUT2D eigenvalue weighted by molar-refractivity contribution is 0.494. The van der Waals surface area contributed by atoms with E-state index in [1.165, 1.54) is 6.07 Å². The summed E-state index contributed by atoms with van der Waals surface area (Å²) in [7, 11) is 0. The number of halogens is 4. The fraction of sp³-hybridized carbons (Fsp3) is 0.333. The smallest absolute Gasteiger partial charge is 0.163 e. The molecule has 0 saturated carbocycles. The van der Waals surface area contributed by atoms with Gasteiger partial charge in [-0.3, -0.25) is 0 Å². The lowest BCUT2D eigenvalue weighted by atomic mass is 10.1. The monoisotopic (exact) mass is 285 g/mol. The summed E-state index contributed by atoms with van der Waals surface area (Å²) in [6, 6.07) is 2.38. The van der Waals surface area contributed by atoms with Crippen molar-refractivity contribution in [1.29, 1.82) is 0 Å².